The molecule has 0 atom stereocenters. The van der Waals surface area contributed by atoms with Crippen molar-refractivity contribution in [3.05, 3.63) is 90.8 Å². The van der Waals surface area contributed by atoms with Crippen molar-refractivity contribution in [2.75, 3.05) is 0 Å². The van der Waals surface area contributed by atoms with Crippen LogP contribution in [0.5, 0.6) is 0 Å². The standard InChI is InChI=1S/C18H16NP/c1-3-9-17(10-4-1)20(18-11-5-2-6-12-18)15-16-8-7-13-19-14-16/h1-14H,15H2. The van der Waals surface area contributed by atoms with Crippen molar-refractivity contribution in [3.63, 3.8) is 0 Å². The molecule has 0 aliphatic heterocycles. The van der Waals surface area contributed by atoms with E-state index in [1.165, 1.54) is 16.2 Å². The third-order valence-corrected chi connectivity index (χ3v) is 5.72. The quantitative estimate of drug-likeness (QED) is 0.662. The minimum atomic E-state index is -0.367. The summed E-state index contributed by atoms with van der Waals surface area (Å²) in [6.07, 6.45) is 4.84. The Bertz CT molecular complexity index is 599. The lowest BCUT2D eigenvalue weighted by atomic mass is 10.3. The normalized spacial score (nSPS) is 10.7. The van der Waals surface area contributed by atoms with Crippen LogP contribution in [0.1, 0.15) is 5.56 Å². The molecule has 0 saturated heterocycles. The predicted molar refractivity (Wildman–Crippen MR) is 87.0 cm³/mol. The lowest BCUT2D eigenvalue weighted by molar-refractivity contribution is 1.25. The van der Waals surface area contributed by atoms with E-state index in [2.05, 4.69) is 71.7 Å². The molecule has 1 aromatic heterocycles. The first-order valence-electron chi connectivity index (χ1n) is 6.70. The summed E-state index contributed by atoms with van der Waals surface area (Å²) in [4.78, 5) is 4.24. The van der Waals surface area contributed by atoms with Crippen LogP contribution in [-0.2, 0) is 6.16 Å². The monoisotopic (exact) mass is 277 g/mol. The summed E-state index contributed by atoms with van der Waals surface area (Å²) < 4.78 is 0. The number of rotatable bonds is 4. The van der Waals surface area contributed by atoms with E-state index in [1.54, 1.807) is 0 Å². The molecule has 0 N–H and O–H groups in total. The van der Waals surface area contributed by atoms with E-state index < -0.39 is 0 Å². The second-order valence-electron chi connectivity index (χ2n) is 4.62. The van der Waals surface area contributed by atoms with Crippen LogP contribution >= 0.6 is 7.92 Å². The van der Waals surface area contributed by atoms with Crippen molar-refractivity contribution in [2.24, 2.45) is 0 Å². The summed E-state index contributed by atoms with van der Waals surface area (Å²) in [5.74, 6) is 0. The van der Waals surface area contributed by atoms with Gasteiger partial charge in [0.15, 0.2) is 0 Å². The van der Waals surface area contributed by atoms with E-state index in [4.69, 9.17) is 0 Å². The average molecular weight is 277 g/mol. The van der Waals surface area contributed by atoms with Gasteiger partial charge in [0, 0.05) is 18.6 Å². The Balaban J connectivity index is 1.96. The Morgan fingerprint density at radius 2 is 1.30 bits per heavy atom. The van der Waals surface area contributed by atoms with Gasteiger partial charge in [0.05, 0.1) is 0 Å². The number of pyridine rings is 1. The molecule has 0 saturated carbocycles. The van der Waals surface area contributed by atoms with Crippen molar-refractivity contribution in [1.29, 1.82) is 0 Å². The second kappa shape index (κ2) is 6.45. The zero-order chi connectivity index (χ0) is 13.6. The van der Waals surface area contributed by atoms with Crippen LogP contribution in [0.15, 0.2) is 85.2 Å². The molecule has 0 fully saturated rings. The third-order valence-electron chi connectivity index (χ3n) is 3.20. The van der Waals surface area contributed by atoms with Crippen LogP contribution in [0.4, 0.5) is 0 Å². The first-order chi connectivity index (χ1) is 9.93. The molecule has 3 aromatic rings. The highest BCUT2D eigenvalue weighted by Crippen LogP contribution is 2.37. The maximum atomic E-state index is 4.24. The van der Waals surface area contributed by atoms with Crippen LogP contribution in [-0.4, -0.2) is 4.98 Å². The largest absolute Gasteiger partial charge is 0.264 e. The van der Waals surface area contributed by atoms with Gasteiger partial charge in [0.2, 0.25) is 0 Å². The zero-order valence-corrected chi connectivity index (χ0v) is 12.1. The van der Waals surface area contributed by atoms with Crippen LogP contribution < -0.4 is 10.6 Å². The highest BCUT2D eigenvalue weighted by molar-refractivity contribution is 7.72. The van der Waals surface area contributed by atoms with Gasteiger partial charge in [0.25, 0.3) is 0 Å². The van der Waals surface area contributed by atoms with Crippen molar-refractivity contribution < 1.29 is 0 Å². The van der Waals surface area contributed by atoms with Gasteiger partial charge in [0.1, 0.15) is 0 Å². The molecule has 1 heterocycles. The molecule has 98 valence electrons. The van der Waals surface area contributed by atoms with Crippen molar-refractivity contribution in [2.45, 2.75) is 6.16 Å². The Kier molecular flexibility index (Phi) is 4.20. The first-order valence-corrected chi connectivity index (χ1v) is 8.23. The highest BCUT2D eigenvalue weighted by Gasteiger charge is 2.13. The van der Waals surface area contributed by atoms with Crippen LogP contribution in [0.2, 0.25) is 0 Å². The Labute approximate surface area is 121 Å². The molecular formula is C18H16NP. The van der Waals surface area contributed by atoms with Crippen LogP contribution in [0, 0.1) is 0 Å². The molecule has 20 heavy (non-hydrogen) atoms. The second-order valence-corrected chi connectivity index (χ2v) is 6.82. The smallest absolute Gasteiger partial charge is 0.0303 e. The zero-order valence-electron chi connectivity index (χ0n) is 11.2. The van der Waals surface area contributed by atoms with Gasteiger partial charge in [-0.25, -0.2) is 0 Å². The van der Waals surface area contributed by atoms with Gasteiger partial charge in [-0.1, -0.05) is 66.7 Å². The number of hydrogen-bond acceptors (Lipinski definition) is 1. The Hall–Kier alpha value is -1.98. The molecule has 1 nitrogen and oxygen atoms in total. The molecular weight excluding hydrogens is 261 g/mol. The van der Waals surface area contributed by atoms with E-state index in [1.807, 2.05) is 18.5 Å². The fourth-order valence-electron chi connectivity index (χ4n) is 2.22. The Morgan fingerprint density at radius 1 is 0.700 bits per heavy atom. The third kappa shape index (κ3) is 3.12. The van der Waals surface area contributed by atoms with Crippen LogP contribution in [0.25, 0.3) is 0 Å². The number of nitrogens with zero attached hydrogens (tertiary/aromatic N) is 1. The SMILES string of the molecule is c1ccc(P(Cc2cccnc2)c2ccccc2)cc1. The van der Waals surface area contributed by atoms with E-state index in [-0.39, 0.29) is 7.92 Å². The maximum Gasteiger partial charge on any atom is 0.0303 e. The summed E-state index contributed by atoms with van der Waals surface area (Å²) in [5.41, 5.74) is 1.30. The fourth-order valence-corrected chi connectivity index (χ4v) is 4.50. The van der Waals surface area contributed by atoms with E-state index in [9.17, 15) is 0 Å². The maximum absolute atomic E-state index is 4.24. The lowest BCUT2D eigenvalue weighted by Crippen LogP contribution is -2.12. The van der Waals surface area contributed by atoms with Gasteiger partial charge in [-0.3, -0.25) is 4.98 Å². The number of hydrogen-bond donors (Lipinski definition) is 0. The lowest BCUT2D eigenvalue weighted by Gasteiger charge is -2.18. The summed E-state index contributed by atoms with van der Waals surface area (Å²) >= 11 is 0. The van der Waals surface area contributed by atoms with E-state index >= 15 is 0 Å². The van der Waals surface area contributed by atoms with E-state index in [0.29, 0.717) is 0 Å². The van der Waals surface area contributed by atoms with Gasteiger partial charge in [-0.05, 0) is 30.2 Å². The molecule has 0 radical (unpaired) electrons. The topological polar surface area (TPSA) is 12.9 Å². The minimum Gasteiger partial charge on any atom is -0.264 e. The number of aromatic nitrogens is 1. The summed E-state index contributed by atoms with van der Waals surface area (Å²) in [6.45, 7) is 0. The van der Waals surface area contributed by atoms with Gasteiger partial charge < -0.3 is 0 Å². The molecule has 2 aromatic carbocycles. The fraction of sp³-hybridized carbons (Fsp3) is 0.0556. The molecule has 2 heteroatoms. The minimum absolute atomic E-state index is 0.367. The summed E-state index contributed by atoms with van der Waals surface area (Å²) in [5, 5.41) is 2.83. The van der Waals surface area contributed by atoms with Crippen molar-refractivity contribution in [3.8, 4) is 0 Å². The predicted octanol–water partition coefficient (Wildman–Crippen LogP) is 3.71. The highest BCUT2D eigenvalue weighted by atomic mass is 31.1. The number of benzene rings is 2. The first kappa shape index (κ1) is 13.0. The van der Waals surface area contributed by atoms with Crippen molar-refractivity contribution in [1.82, 2.24) is 4.98 Å². The summed E-state index contributed by atoms with van der Waals surface area (Å²) in [7, 11) is -0.367. The van der Waals surface area contributed by atoms with Gasteiger partial charge in [-0.15, -0.1) is 0 Å². The van der Waals surface area contributed by atoms with E-state index in [0.717, 1.165) is 6.16 Å². The van der Waals surface area contributed by atoms with Gasteiger partial charge in [-0.2, -0.15) is 0 Å². The molecule has 0 unspecified atom stereocenters. The van der Waals surface area contributed by atoms with Crippen LogP contribution in [0.3, 0.4) is 0 Å². The molecule has 0 spiro atoms. The molecule has 0 aliphatic carbocycles. The van der Waals surface area contributed by atoms with Gasteiger partial charge >= 0.3 is 0 Å². The van der Waals surface area contributed by atoms with Crippen molar-refractivity contribution >= 4 is 18.5 Å². The Morgan fingerprint density at radius 3 is 1.80 bits per heavy atom. The molecule has 3 rings (SSSR count). The summed E-state index contributed by atoms with van der Waals surface area (Å²) in [6, 6.07) is 25.7. The molecule has 0 amide bonds. The molecule has 0 bridgehead atoms. The molecule has 0 aliphatic rings. The average Bonchev–Trinajstić information content (AvgIpc) is 2.55.